The second-order valence-electron chi connectivity index (χ2n) is 15.3. The molecule has 1 saturated carbocycles. The lowest BCUT2D eigenvalue weighted by atomic mass is 9.97. The molecule has 1 saturated heterocycles. The number of benzene rings is 2. The van der Waals surface area contributed by atoms with Crippen molar-refractivity contribution in [3.8, 4) is 11.8 Å². The van der Waals surface area contributed by atoms with E-state index in [0.717, 1.165) is 71.6 Å². The average Bonchev–Trinajstić information content (AvgIpc) is 3.88. The van der Waals surface area contributed by atoms with Crippen LogP contribution in [0.1, 0.15) is 59.2 Å². The molecule has 3 aliphatic heterocycles. The highest BCUT2D eigenvalue weighted by Crippen LogP contribution is 2.46. The van der Waals surface area contributed by atoms with Gasteiger partial charge in [-0.25, -0.2) is 4.39 Å². The van der Waals surface area contributed by atoms with Gasteiger partial charge in [0.1, 0.15) is 17.4 Å². The van der Waals surface area contributed by atoms with E-state index in [4.69, 9.17) is 34.0 Å². The van der Waals surface area contributed by atoms with Crippen molar-refractivity contribution in [1.29, 1.82) is 0 Å². The number of nitrogens with zero attached hydrogens (tertiary/aromatic N) is 8. The first-order valence-electron chi connectivity index (χ1n) is 19.2. The standard InChI is InChI=1S/C40H51FN8O5/c1-5-30-32(41)8-7-27-19-29(54-26-51-4)21-35(36(27)30)47-14-9-31-34(23-47)42-39(53-25-40(10-11-40)24-45(2)3)43-37(31)48-12-6-13-49-28(22-48)20-33(44-49)38(50)46-15-17-52-18-16-46/h7-8,19-21H,5-6,9-18,22-26H2,1-4H3. The minimum atomic E-state index is -0.212. The maximum Gasteiger partial charge on any atom is 0.318 e. The summed E-state index contributed by atoms with van der Waals surface area (Å²) < 4.78 is 40.4. The molecular weight excluding hydrogens is 691 g/mol. The summed E-state index contributed by atoms with van der Waals surface area (Å²) in [7, 11) is 5.79. The van der Waals surface area contributed by atoms with Crippen LogP contribution in [0.25, 0.3) is 10.8 Å². The van der Waals surface area contributed by atoms with E-state index in [1.54, 1.807) is 7.11 Å². The van der Waals surface area contributed by atoms with E-state index in [0.29, 0.717) is 94.9 Å². The summed E-state index contributed by atoms with van der Waals surface area (Å²) in [5, 5.41) is 6.57. The van der Waals surface area contributed by atoms with E-state index < -0.39 is 0 Å². The first kappa shape index (κ1) is 36.4. The number of amides is 1. The zero-order chi connectivity index (χ0) is 37.4. The largest absolute Gasteiger partial charge is 0.467 e. The first-order chi connectivity index (χ1) is 26.2. The minimum Gasteiger partial charge on any atom is -0.467 e. The smallest absolute Gasteiger partial charge is 0.318 e. The first-order valence-corrected chi connectivity index (χ1v) is 19.2. The number of rotatable bonds is 12. The van der Waals surface area contributed by atoms with Crippen molar-refractivity contribution in [2.24, 2.45) is 5.41 Å². The highest BCUT2D eigenvalue weighted by atomic mass is 19.1. The lowest BCUT2D eigenvalue weighted by molar-refractivity contribution is 0.0298. The molecule has 1 amide bonds. The summed E-state index contributed by atoms with van der Waals surface area (Å²) in [4.78, 5) is 32.2. The normalized spacial score (nSPS) is 18.1. The monoisotopic (exact) mass is 742 g/mol. The topological polar surface area (TPSA) is 111 Å². The molecule has 0 N–H and O–H groups in total. The number of morpholine rings is 1. The van der Waals surface area contributed by atoms with Gasteiger partial charge in [0.05, 0.1) is 44.3 Å². The number of carbonyl (C=O) groups excluding carboxylic acids is 1. The lowest BCUT2D eigenvalue weighted by Gasteiger charge is -2.34. The Morgan fingerprint density at radius 2 is 1.83 bits per heavy atom. The zero-order valence-corrected chi connectivity index (χ0v) is 31.9. The highest BCUT2D eigenvalue weighted by molar-refractivity contribution is 5.98. The summed E-state index contributed by atoms with van der Waals surface area (Å²) in [6.07, 6.45) is 4.32. The number of fused-ring (bicyclic) bond motifs is 3. The number of ether oxygens (including phenoxy) is 4. The van der Waals surface area contributed by atoms with Crippen molar-refractivity contribution in [3.05, 3.63) is 64.4 Å². The summed E-state index contributed by atoms with van der Waals surface area (Å²) in [6.45, 7) is 9.06. The van der Waals surface area contributed by atoms with Crippen LogP contribution < -0.4 is 19.3 Å². The third-order valence-electron chi connectivity index (χ3n) is 11.1. The molecule has 14 heteroatoms. The molecule has 4 aromatic rings. The van der Waals surface area contributed by atoms with Gasteiger partial charge in [0.2, 0.25) is 0 Å². The molecule has 2 aromatic carbocycles. The molecule has 1 aliphatic carbocycles. The molecule has 54 heavy (non-hydrogen) atoms. The summed E-state index contributed by atoms with van der Waals surface area (Å²) in [6, 6.07) is 9.62. The van der Waals surface area contributed by atoms with Crippen LogP contribution in [0, 0.1) is 11.2 Å². The fourth-order valence-electron chi connectivity index (χ4n) is 8.28. The number of carbonyl (C=O) groups is 1. The second kappa shape index (κ2) is 15.3. The third-order valence-corrected chi connectivity index (χ3v) is 11.1. The number of aromatic nitrogens is 4. The van der Waals surface area contributed by atoms with Crippen LogP contribution in [0.15, 0.2) is 30.3 Å². The predicted octanol–water partition coefficient (Wildman–Crippen LogP) is 4.68. The number of hydrogen-bond donors (Lipinski definition) is 0. The van der Waals surface area contributed by atoms with Gasteiger partial charge in [-0.1, -0.05) is 13.0 Å². The highest BCUT2D eigenvalue weighted by Gasteiger charge is 2.44. The Morgan fingerprint density at radius 3 is 2.59 bits per heavy atom. The molecule has 0 unspecified atom stereocenters. The van der Waals surface area contributed by atoms with Crippen molar-refractivity contribution >= 4 is 28.2 Å². The molecule has 288 valence electrons. The average molecular weight is 743 g/mol. The molecule has 0 atom stereocenters. The van der Waals surface area contributed by atoms with Crippen LogP contribution in [0.5, 0.6) is 11.8 Å². The summed E-state index contributed by atoms with van der Waals surface area (Å²) in [5.74, 6) is 1.26. The zero-order valence-electron chi connectivity index (χ0n) is 31.9. The summed E-state index contributed by atoms with van der Waals surface area (Å²) >= 11 is 0. The number of halogens is 1. The molecule has 2 fully saturated rings. The van der Waals surface area contributed by atoms with Gasteiger partial charge >= 0.3 is 6.01 Å². The van der Waals surface area contributed by atoms with Gasteiger partial charge in [0, 0.05) is 74.5 Å². The Bertz CT molecular complexity index is 2010. The van der Waals surface area contributed by atoms with Crippen LogP contribution in [0.2, 0.25) is 0 Å². The van der Waals surface area contributed by atoms with Crippen LogP contribution in [-0.2, 0) is 41.9 Å². The van der Waals surface area contributed by atoms with E-state index in [2.05, 4.69) is 28.8 Å². The fraction of sp³-hybridized carbons (Fsp3) is 0.550. The Morgan fingerprint density at radius 1 is 1.00 bits per heavy atom. The van der Waals surface area contributed by atoms with Gasteiger partial charge < -0.3 is 38.5 Å². The van der Waals surface area contributed by atoms with Crippen molar-refractivity contribution in [3.63, 3.8) is 0 Å². The molecule has 0 radical (unpaired) electrons. The second-order valence-corrected chi connectivity index (χ2v) is 15.3. The van der Waals surface area contributed by atoms with E-state index >= 15 is 4.39 Å². The number of anilines is 2. The Balaban J connectivity index is 1.14. The van der Waals surface area contributed by atoms with Crippen molar-refractivity contribution in [2.45, 2.75) is 58.7 Å². The van der Waals surface area contributed by atoms with Gasteiger partial charge in [-0.3, -0.25) is 9.48 Å². The quantitative estimate of drug-likeness (QED) is 0.189. The molecule has 2 aromatic heterocycles. The van der Waals surface area contributed by atoms with E-state index in [9.17, 15) is 4.79 Å². The maximum atomic E-state index is 15.3. The fourth-order valence-corrected chi connectivity index (χ4v) is 8.28. The molecule has 4 aliphatic rings. The Kier molecular flexibility index (Phi) is 10.3. The van der Waals surface area contributed by atoms with Gasteiger partial charge in [0.15, 0.2) is 12.5 Å². The molecule has 0 bridgehead atoms. The van der Waals surface area contributed by atoms with Crippen LogP contribution in [0.4, 0.5) is 15.9 Å². The minimum absolute atomic E-state index is 0.0531. The Hall–Kier alpha value is -4.53. The SMILES string of the molecule is CCc1c(F)ccc2cc(OCOC)cc(N3CCc4c(nc(OCC5(CN(C)C)CC5)nc4N4CCCn5nc(C(=O)N6CCOCC6)cc5C4)C3)c12. The molecular formula is C40H51FN8O5. The van der Waals surface area contributed by atoms with Gasteiger partial charge in [-0.15, -0.1) is 0 Å². The summed E-state index contributed by atoms with van der Waals surface area (Å²) in [5.41, 5.74) is 5.13. The molecule has 5 heterocycles. The van der Waals surface area contributed by atoms with Crippen molar-refractivity contribution in [1.82, 2.24) is 29.5 Å². The van der Waals surface area contributed by atoms with Crippen LogP contribution in [-0.4, -0.2) is 116 Å². The Labute approximate surface area is 315 Å². The van der Waals surface area contributed by atoms with E-state index in [-0.39, 0.29) is 23.9 Å². The van der Waals surface area contributed by atoms with Gasteiger partial charge in [-0.05, 0) is 75.3 Å². The van der Waals surface area contributed by atoms with Gasteiger partial charge in [-0.2, -0.15) is 15.1 Å². The van der Waals surface area contributed by atoms with E-state index in [1.807, 2.05) is 40.8 Å². The maximum absolute atomic E-state index is 15.3. The van der Waals surface area contributed by atoms with Crippen molar-refractivity contribution < 1.29 is 28.1 Å². The number of aryl methyl sites for hydroxylation is 2. The van der Waals surface area contributed by atoms with Crippen molar-refractivity contribution in [2.75, 3.05) is 90.3 Å². The van der Waals surface area contributed by atoms with Crippen LogP contribution in [0.3, 0.4) is 0 Å². The predicted molar refractivity (Wildman–Crippen MR) is 203 cm³/mol. The van der Waals surface area contributed by atoms with E-state index in [1.165, 1.54) is 6.07 Å². The number of hydrogen-bond acceptors (Lipinski definition) is 11. The van der Waals surface area contributed by atoms with Gasteiger partial charge in [0.25, 0.3) is 5.91 Å². The molecule has 13 nitrogen and oxygen atoms in total. The molecule has 0 spiro atoms. The third kappa shape index (κ3) is 7.43. The lowest BCUT2D eigenvalue weighted by Crippen LogP contribution is -2.40. The molecule has 8 rings (SSSR count). The number of methoxy groups -OCH3 is 1. The van der Waals surface area contributed by atoms with Crippen LogP contribution >= 0.6 is 0 Å².